The first-order valence-electron chi connectivity index (χ1n) is 15.5. The van der Waals surface area contributed by atoms with Crippen LogP contribution in [0.4, 0.5) is 32.0 Å². The molecule has 15 heteroatoms. The third-order valence-electron chi connectivity index (χ3n) is 8.26. The number of piperazine rings is 1. The van der Waals surface area contributed by atoms with Gasteiger partial charge in [-0.3, -0.25) is 9.59 Å². The molecule has 1 saturated heterocycles. The molecule has 1 unspecified atom stereocenters. The minimum atomic E-state index is -5.08. The summed E-state index contributed by atoms with van der Waals surface area (Å²) in [7, 11) is 0. The van der Waals surface area contributed by atoms with E-state index in [9.17, 15) is 35.9 Å². The summed E-state index contributed by atoms with van der Waals surface area (Å²) in [6.07, 6.45) is -1.50. The van der Waals surface area contributed by atoms with Crippen LogP contribution in [0.15, 0.2) is 67.3 Å². The van der Waals surface area contributed by atoms with Crippen LogP contribution in [0.2, 0.25) is 0 Å². The van der Waals surface area contributed by atoms with E-state index in [0.29, 0.717) is 38.3 Å². The summed E-state index contributed by atoms with van der Waals surface area (Å²) in [5.41, 5.74) is 0.857. The number of unbranched alkanes of at least 4 members (excludes halogenated alkanes) is 1. The lowest BCUT2D eigenvalue weighted by molar-refractivity contribution is -0.192. The van der Waals surface area contributed by atoms with E-state index in [1.54, 1.807) is 17.4 Å². The quantitative estimate of drug-likeness (QED) is 0.205. The number of nitrogens with zero attached hydrogens (tertiary/aromatic N) is 5. The van der Waals surface area contributed by atoms with Crippen molar-refractivity contribution >= 4 is 23.5 Å². The number of fused-ring (bicyclic) bond motifs is 2. The van der Waals surface area contributed by atoms with Crippen LogP contribution >= 0.6 is 0 Å². The lowest BCUT2D eigenvalue weighted by atomic mass is 9.92. The summed E-state index contributed by atoms with van der Waals surface area (Å²) in [5.74, 6) is -3.62. The van der Waals surface area contributed by atoms with Gasteiger partial charge in [0.05, 0.1) is 29.7 Å². The molecule has 3 aromatic rings. The highest BCUT2D eigenvalue weighted by Gasteiger charge is 2.50. The van der Waals surface area contributed by atoms with E-state index < -0.39 is 42.0 Å². The minimum absolute atomic E-state index is 0.00605. The highest BCUT2D eigenvalue weighted by atomic mass is 19.4. The molecule has 5 rings (SSSR count). The topological polar surface area (TPSA) is 99.0 Å². The van der Waals surface area contributed by atoms with Gasteiger partial charge in [0.25, 0.3) is 5.91 Å². The SMILES string of the molecule is CC(C)[C@H]1C(=O)N(CCCCc2ccccc2)CC2N(CCCn3ccnc3)c3ccc(C(F)(F)F)cc3C(=O)N21.O=C(O)C(F)(F)F. The first kappa shape index (κ1) is 36.3. The molecule has 0 spiro atoms. The number of anilines is 1. The Balaban J connectivity index is 0.000000671. The molecular formula is C33H37F6N5O4. The van der Waals surface area contributed by atoms with E-state index in [1.165, 1.54) is 11.6 Å². The number of halogens is 6. The molecule has 2 aliphatic rings. The van der Waals surface area contributed by atoms with Gasteiger partial charge in [0.1, 0.15) is 12.2 Å². The number of aryl methyl sites for hydroxylation is 2. The maximum Gasteiger partial charge on any atom is 0.490 e. The van der Waals surface area contributed by atoms with Crippen LogP contribution in [0.3, 0.4) is 0 Å². The van der Waals surface area contributed by atoms with E-state index in [4.69, 9.17) is 9.90 Å². The Hall–Kier alpha value is -4.56. The lowest BCUT2D eigenvalue weighted by Crippen LogP contribution is -2.71. The average Bonchev–Trinajstić information content (AvgIpc) is 3.54. The molecule has 0 radical (unpaired) electrons. The number of carboxylic acid groups (broad SMARTS) is 1. The number of benzene rings is 2. The van der Waals surface area contributed by atoms with Gasteiger partial charge >= 0.3 is 18.3 Å². The Morgan fingerprint density at radius 2 is 1.65 bits per heavy atom. The zero-order valence-electron chi connectivity index (χ0n) is 26.4. The van der Waals surface area contributed by atoms with Gasteiger partial charge < -0.3 is 24.4 Å². The number of carbonyl (C=O) groups excluding carboxylic acids is 2. The second-order valence-corrected chi connectivity index (χ2v) is 12.0. The van der Waals surface area contributed by atoms with E-state index in [-0.39, 0.29) is 17.4 Å². The van der Waals surface area contributed by atoms with Gasteiger partial charge in [-0.15, -0.1) is 0 Å². The van der Waals surface area contributed by atoms with Gasteiger partial charge in [-0.2, -0.15) is 26.3 Å². The van der Waals surface area contributed by atoms with Gasteiger partial charge in [-0.05, 0) is 55.4 Å². The number of hydrogen-bond acceptors (Lipinski definition) is 5. The van der Waals surface area contributed by atoms with Crippen LogP contribution in [0.5, 0.6) is 0 Å². The molecule has 0 bridgehead atoms. The summed E-state index contributed by atoms with van der Waals surface area (Å²) in [6, 6.07) is 12.8. The van der Waals surface area contributed by atoms with Crippen molar-refractivity contribution in [3.05, 3.63) is 83.9 Å². The maximum absolute atomic E-state index is 13.9. The van der Waals surface area contributed by atoms with Crippen LogP contribution < -0.4 is 4.90 Å². The Bertz CT molecular complexity index is 1550. The van der Waals surface area contributed by atoms with Gasteiger partial charge in [-0.1, -0.05) is 44.2 Å². The molecule has 0 aliphatic carbocycles. The fourth-order valence-corrected chi connectivity index (χ4v) is 6.01. The monoisotopic (exact) mass is 681 g/mol. The van der Waals surface area contributed by atoms with E-state index in [1.807, 2.05) is 52.6 Å². The van der Waals surface area contributed by atoms with E-state index in [0.717, 1.165) is 31.4 Å². The predicted octanol–water partition coefficient (Wildman–Crippen LogP) is 6.10. The maximum atomic E-state index is 13.9. The van der Waals surface area contributed by atoms with Gasteiger partial charge in [0.15, 0.2) is 0 Å². The number of rotatable bonds is 10. The number of carbonyl (C=O) groups is 3. The Kier molecular flexibility index (Phi) is 11.4. The van der Waals surface area contributed by atoms with Crippen LogP contribution in [0.1, 0.15) is 54.6 Å². The molecule has 2 amide bonds. The van der Waals surface area contributed by atoms with Gasteiger partial charge in [0, 0.05) is 32.0 Å². The summed E-state index contributed by atoms with van der Waals surface area (Å²) in [5, 5.41) is 7.12. The van der Waals surface area contributed by atoms with Gasteiger partial charge in [-0.25, -0.2) is 9.78 Å². The van der Waals surface area contributed by atoms with Crippen molar-refractivity contribution in [2.75, 3.05) is 24.5 Å². The van der Waals surface area contributed by atoms with Crippen molar-refractivity contribution in [1.29, 1.82) is 0 Å². The first-order chi connectivity index (χ1) is 22.6. The Labute approximate surface area is 273 Å². The third-order valence-corrected chi connectivity index (χ3v) is 8.26. The number of aliphatic carboxylic acids is 1. The Morgan fingerprint density at radius 1 is 0.958 bits per heavy atom. The molecular weight excluding hydrogens is 644 g/mol. The molecule has 2 atom stereocenters. The first-order valence-corrected chi connectivity index (χ1v) is 15.5. The number of imidazole rings is 1. The van der Waals surface area contributed by atoms with Crippen LogP contribution in [0, 0.1) is 5.92 Å². The van der Waals surface area contributed by atoms with E-state index in [2.05, 4.69) is 17.1 Å². The molecule has 1 fully saturated rings. The van der Waals surface area contributed by atoms with Crippen molar-refractivity contribution in [3.8, 4) is 0 Å². The zero-order valence-corrected chi connectivity index (χ0v) is 26.4. The van der Waals surface area contributed by atoms with Gasteiger partial charge in [0.2, 0.25) is 5.91 Å². The Morgan fingerprint density at radius 3 is 2.23 bits per heavy atom. The van der Waals surface area contributed by atoms with Crippen LogP contribution in [-0.2, 0) is 28.7 Å². The summed E-state index contributed by atoms with van der Waals surface area (Å²) < 4.78 is 74.6. The molecule has 2 aliphatic heterocycles. The fourth-order valence-electron chi connectivity index (χ4n) is 6.01. The average molecular weight is 682 g/mol. The van der Waals surface area contributed by atoms with Crippen LogP contribution in [-0.4, -0.2) is 80.3 Å². The number of amides is 2. The molecule has 3 heterocycles. The number of alkyl halides is 6. The van der Waals surface area contributed by atoms with Crippen molar-refractivity contribution in [2.45, 2.75) is 70.6 Å². The van der Waals surface area contributed by atoms with E-state index >= 15 is 0 Å². The van der Waals surface area contributed by atoms with Crippen molar-refractivity contribution in [1.82, 2.24) is 19.4 Å². The summed E-state index contributed by atoms with van der Waals surface area (Å²) in [6.45, 7) is 5.82. The molecule has 0 saturated carbocycles. The van der Waals surface area contributed by atoms with Crippen LogP contribution in [0.25, 0.3) is 0 Å². The van der Waals surface area contributed by atoms with Crippen molar-refractivity contribution in [2.24, 2.45) is 5.92 Å². The number of carboxylic acids is 1. The van der Waals surface area contributed by atoms with Crippen molar-refractivity contribution < 1.29 is 45.8 Å². The second kappa shape index (κ2) is 15.1. The largest absolute Gasteiger partial charge is 0.490 e. The standard InChI is InChI=1S/C31H36F3N5O2.C2HF3O2/c1-22(2)28-30(41)37(16-7-6-11-23-9-4-3-5-10-23)20-27-38(17-8-15-36-18-14-35-21-36)26-13-12-24(31(32,33)34)19-25(26)29(40)39(27)28;3-2(4,5)1(6)7/h3-5,9-10,12-14,18-19,21-22,27-28H,6-8,11,15-17,20H2,1-2H3;(H,6,7)/t27?,28-;/m0./s1. The molecule has 1 N–H and O–H groups in total. The summed E-state index contributed by atoms with van der Waals surface area (Å²) in [4.78, 5) is 46.0. The second-order valence-electron chi connectivity index (χ2n) is 12.0. The molecule has 260 valence electrons. The normalized spacial score (nSPS) is 18.0. The highest BCUT2D eigenvalue weighted by molar-refractivity contribution is 6.05. The predicted molar refractivity (Wildman–Crippen MR) is 164 cm³/mol. The fraction of sp³-hybridized carbons (Fsp3) is 0.455. The number of hydrogen-bond donors (Lipinski definition) is 1. The highest BCUT2D eigenvalue weighted by Crippen LogP contribution is 2.40. The smallest absolute Gasteiger partial charge is 0.475 e. The lowest BCUT2D eigenvalue weighted by Gasteiger charge is -2.54. The number of aromatic nitrogens is 2. The molecule has 2 aromatic carbocycles. The zero-order chi connectivity index (χ0) is 35.2. The minimum Gasteiger partial charge on any atom is -0.475 e. The van der Waals surface area contributed by atoms with Crippen molar-refractivity contribution in [3.63, 3.8) is 0 Å². The molecule has 48 heavy (non-hydrogen) atoms. The summed E-state index contributed by atoms with van der Waals surface area (Å²) >= 11 is 0. The third kappa shape index (κ3) is 8.66. The molecule has 1 aromatic heterocycles. The molecule has 9 nitrogen and oxygen atoms in total.